The molecule has 0 aliphatic heterocycles. The van der Waals surface area contributed by atoms with Crippen molar-refractivity contribution in [3.8, 4) is 0 Å². The van der Waals surface area contributed by atoms with Crippen molar-refractivity contribution in [1.82, 2.24) is 0 Å². The van der Waals surface area contributed by atoms with Gasteiger partial charge in [-0.1, -0.05) is 46.9 Å². The Bertz CT molecular complexity index is 921. The van der Waals surface area contributed by atoms with Gasteiger partial charge >= 0.3 is 0 Å². The van der Waals surface area contributed by atoms with E-state index in [1.807, 2.05) is 22.7 Å². The van der Waals surface area contributed by atoms with Crippen LogP contribution in [0.25, 0.3) is 0 Å². The molecule has 0 aliphatic carbocycles. The van der Waals surface area contributed by atoms with E-state index < -0.39 is 0 Å². The molecule has 0 unspecified atom stereocenters. The number of aryl methyl sites for hydroxylation is 4. The van der Waals surface area contributed by atoms with Crippen molar-refractivity contribution in [2.45, 2.75) is 78.3 Å². The number of ether oxygens (including phenoxy) is 2. The highest BCUT2D eigenvalue weighted by atomic mass is 32.1. The van der Waals surface area contributed by atoms with Crippen LogP contribution in [0.2, 0.25) is 0 Å². The highest BCUT2D eigenvalue weighted by Crippen LogP contribution is 2.15. The summed E-state index contributed by atoms with van der Waals surface area (Å²) in [6, 6.07) is 9.25. The van der Waals surface area contributed by atoms with Crippen LogP contribution in [0.1, 0.15) is 58.0 Å². The summed E-state index contributed by atoms with van der Waals surface area (Å²) in [5, 5.41) is 0. The quantitative estimate of drug-likeness (QED) is 0.193. The smallest absolute Gasteiger partial charge is 0.225 e. The molecule has 2 aromatic heterocycles. The maximum atomic E-state index is 5.23. The third-order valence-electron chi connectivity index (χ3n) is 6.60. The molecule has 4 nitrogen and oxygen atoms in total. The molecule has 1 aromatic carbocycles. The third-order valence-corrected chi connectivity index (χ3v) is 8.89. The van der Waals surface area contributed by atoms with E-state index in [1.54, 1.807) is 14.2 Å². The molecule has 0 radical (unpaired) electrons. The normalized spacial score (nSPS) is 11.4. The fourth-order valence-corrected chi connectivity index (χ4v) is 6.39. The summed E-state index contributed by atoms with van der Waals surface area (Å²) in [5.41, 5.74) is 10.3. The van der Waals surface area contributed by atoms with Crippen molar-refractivity contribution >= 4 is 22.7 Å². The zero-order chi connectivity index (χ0) is 24.2. The Labute approximate surface area is 214 Å². The topological polar surface area (TPSA) is 26.2 Å². The molecule has 0 aliphatic rings. The molecule has 3 aromatic rings. The number of unbranched alkanes of at least 4 members (excludes halogenated alkanes) is 2. The van der Waals surface area contributed by atoms with Crippen LogP contribution in [0.3, 0.4) is 0 Å². The number of thiazole rings is 2. The van der Waals surface area contributed by atoms with Gasteiger partial charge in [-0.05, 0) is 36.8 Å². The zero-order valence-electron chi connectivity index (χ0n) is 21.5. The lowest BCUT2D eigenvalue weighted by atomic mass is 10.0. The number of nitrogens with zero attached hydrogens (tertiary/aromatic N) is 2. The van der Waals surface area contributed by atoms with Crippen LogP contribution in [0, 0.1) is 13.8 Å². The lowest BCUT2D eigenvalue weighted by molar-refractivity contribution is -0.698. The fraction of sp³-hybridized carbons (Fsp3) is 0.571. The molecular weight excluding hydrogens is 460 g/mol. The summed E-state index contributed by atoms with van der Waals surface area (Å²) in [6.07, 6.45) is 9.29. The maximum Gasteiger partial charge on any atom is 0.225 e. The van der Waals surface area contributed by atoms with Crippen LogP contribution < -0.4 is 9.13 Å². The minimum atomic E-state index is 0.806. The molecule has 3 rings (SSSR count). The number of methoxy groups -OCH3 is 2. The Morgan fingerprint density at radius 3 is 1.59 bits per heavy atom. The lowest BCUT2D eigenvalue weighted by Crippen LogP contribution is -2.34. The highest BCUT2D eigenvalue weighted by Gasteiger charge is 2.15. The molecule has 6 heteroatoms. The van der Waals surface area contributed by atoms with Gasteiger partial charge in [0.1, 0.15) is 13.1 Å². The summed E-state index contributed by atoms with van der Waals surface area (Å²) in [7, 11) is 3.55. The second kappa shape index (κ2) is 14.7. The van der Waals surface area contributed by atoms with E-state index >= 15 is 0 Å². The Hall–Kier alpha value is -1.60. The Morgan fingerprint density at radius 2 is 1.15 bits per heavy atom. The van der Waals surface area contributed by atoms with Crippen molar-refractivity contribution in [1.29, 1.82) is 0 Å². The predicted molar refractivity (Wildman–Crippen MR) is 142 cm³/mol. The van der Waals surface area contributed by atoms with E-state index in [-0.39, 0.29) is 0 Å². The first-order chi connectivity index (χ1) is 16.6. The van der Waals surface area contributed by atoms with E-state index in [0.717, 1.165) is 39.1 Å². The first kappa shape index (κ1) is 27.0. The Kier molecular flexibility index (Phi) is 11.7. The highest BCUT2D eigenvalue weighted by molar-refractivity contribution is 7.09. The van der Waals surface area contributed by atoms with Crippen LogP contribution in [0.15, 0.2) is 35.3 Å². The SMILES string of the molecule is COCCc1sc[n+](CCCCc2cccc(CCCC[n+]3csc(CCOC)c3C)c2)c1C. The van der Waals surface area contributed by atoms with Gasteiger partial charge in [0.2, 0.25) is 11.0 Å². The van der Waals surface area contributed by atoms with Gasteiger partial charge < -0.3 is 9.47 Å². The second-order valence-electron chi connectivity index (χ2n) is 9.07. The summed E-state index contributed by atoms with van der Waals surface area (Å²) < 4.78 is 15.3. The fourth-order valence-electron chi connectivity index (χ4n) is 4.38. The molecular formula is C28H42N2O2S2+2. The summed E-state index contributed by atoms with van der Waals surface area (Å²) in [4.78, 5) is 2.90. The number of benzene rings is 1. The van der Waals surface area contributed by atoms with Crippen LogP contribution in [-0.2, 0) is 48.2 Å². The Balaban J connectivity index is 1.36. The van der Waals surface area contributed by atoms with Crippen LogP contribution >= 0.6 is 22.7 Å². The van der Waals surface area contributed by atoms with Crippen molar-refractivity contribution in [2.75, 3.05) is 27.4 Å². The van der Waals surface area contributed by atoms with Gasteiger partial charge in [0.05, 0.1) is 23.0 Å². The average molecular weight is 503 g/mol. The zero-order valence-corrected chi connectivity index (χ0v) is 23.1. The van der Waals surface area contributed by atoms with Gasteiger partial charge in [-0.2, -0.15) is 9.13 Å². The van der Waals surface area contributed by atoms with Crippen LogP contribution in [0.5, 0.6) is 0 Å². The van der Waals surface area contributed by atoms with Gasteiger partial charge in [0, 0.05) is 53.8 Å². The summed E-state index contributed by atoms with van der Waals surface area (Å²) >= 11 is 3.72. The average Bonchev–Trinajstić information content (AvgIpc) is 3.38. The molecule has 0 saturated heterocycles. The van der Waals surface area contributed by atoms with E-state index in [2.05, 4.69) is 58.3 Å². The van der Waals surface area contributed by atoms with Crippen molar-refractivity contribution in [3.63, 3.8) is 0 Å². The monoisotopic (exact) mass is 502 g/mol. The number of hydrogen-bond acceptors (Lipinski definition) is 4. The van der Waals surface area contributed by atoms with Crippen LogP contribution in [0.4, 0.5) is 0 Å². The number of rotatable bonds is 16. The van der Waals surface area contributed by atoms with Crippen molar-refractivity contribution in [2.24, 2.45) is 0 Å². The van der Waals surface area contributed by atoms with Gasteiger partial charge in [0.15, 0.2) is 11.4 Å². The van der Waals surface area contributed by atoms with Gasteiger partial charge in [0.25, 0.3) is 0 Å². The molecule has 34 heavy (non-hydrogen) atoms. The second-order valence-corrected chi connectivity index (χ2v) is 10.9. The summed E-state index contributed by atoms with van der Waals surface area (Å²) in [6.45, 7) is 8.32. The molecule has 0 N–H and O–H groups in total. The molecule has 0 saturated carbocycles. The van der Waals surface area contributed by atoms with Gasteiger partial charge in [-0.3, -0.25) is 0 Å². The largest absolute Gasteiger partial charge is 0.384 e. The first-order valence-electron chi connectivity index (χ1n) is 12.6. The third kappa shape index (κ3) is 8.26. The van der Waals surface area contributed by atoms with E-state index in [1.165, 1.54) is 70.8 Å². The summed E-state index contributed by atoms with van der Waals surface area (Å²) in [5.74, 6) is 0. The Morgan fingerprint density at radius 1 is 0.676 bits per heavy atom. The van der Waals surface area contributed by atoms with E-state index in [9.17, 15) is 0 Å². The minimum Gasteiger partial charge on any atom is -0.384 e. The minimum absolute atomic E-state index is 0.806. The van der Waals surface area contributed by atoms with Gasteiger partial charge in [-0.15, -0.1) is 0 Å². The molecule has 186 valence electrons. The molecule has 0 bridgehead atoms. The van der Waals surface area contributed by atoms with E-state index in [0.29, 0.717) is 0 Å². The lowest BCUT2D eigenvalue weighted by Gasteiger charge is -2.05. The van der Waals surface area contributed by atoms with Gasteiger partial charge in [-0.25, -0.2) is 0 Å². The molecule has 0 spiro atoms. The molecule has 0 atom stereocenters. The maximum absolute atomic E-state index is 5.23. The predicted octanol–water partition coefficient (Wildman–Crippen LogP) is 5.43. The van der Waals surface area contributed by atoms with Crippen molar-refractivity contribution < 1.29 is 18.6 Å². The first-order valence-corrected chi connectivity index (χ1v) is 14.4. The number of hydrogen-bond donors (Lipinski definition) is 0. The molecule has 0 amide bonds. The van der Waals surface area contributed by atoms with Crippen LogP contribution in [-0.4, -0.2) is 27.4 Å². The number of aromatic nitrogens is 2. The standard InChI is InChI=1S/C28H42N2O2S2/c1-23-27(14-18-31-3)33-21-29(23)16-7-5-10-25-12-9-13-26(20-25)11-6-8-17-30-22-34-28(24(30)2)15-19-32-4/h9,12-13,20-22H,5-8,10-11,14-19H2,1-4H3/q+2. The molecule has 0 fully saturated rings. The molecule has 2 heterocycles. The van der Waals surface area contributed by atoms with E-state index in [4.69, 9.17) is 9.47 Å². The van der Waals surface area contributed by atoms with Crippen molar-refractivity contribution in [3.05, 3.63) is 67.6 Å².